The van der Waals surface area contributed by atoms with Gasteiger partial charge in [-0.2, -0.15) is 0 Å². The Morgan fingerprint density at radius 3 is 1.17 bits per heavy atom. The molecule has 41 heavy (non-hydrogen) atoms. The van der Waals surface area contributed by atoms with E-state index in [9.17, 15) is 0 Å². The molecule has 0 N–H and O–H groups in total. The van der Waals surface area contributed by atoms with Crippen molar-refractivity contribution in [1.82, 2.24) is 0 Å². The van der Waals surface area contributed by atoms with E-state index < -0.39 is 0 Å². The van der Waals surface area contributed by atoms with Crippen molar-refractivity contribution >= 4 is 17.7 Å². The third-order valence-electron chi connectivity index (χ3n) is 7.85. The highest BCUT2D eigenvalue weighted by Gasteiger charge is 2.30. The lowest BCUT2D eigenvalue weighted by molar-refractivity contribution is -0.422. The van der Waals surface area contributed by atoms with E-state index in [-0.39, 0.29) is 0 Å². The summed E-state index contributed by atoms with van der Waals surface area (Å²) in [5, 5.41) is 0. The smallest absolute Gasteiger partial charge is 0.228 e. The number of nitrogens with zero attached hydrogens (tertiary/aromatic N) is 2. The zero-order valence-electron chi connectivity index (χ0n) is 22.9. The van der Waals surface area contributed by atoms with Gasteiger partial charge in [-0.3, -0.25) is 0 Å². The van der Waals surface area contributed by atoms with Gasteiger partial charge in [0.25, 0.3) is 0 Å². The molecule has 0 fully saturated rings. The summed E-state index contributed by atoms with van der Waals surface area (Å²) >= 11 is 0. The van der Waals surface area contributed by atoms with Crippen molar-refractivity contribution in [2.75, 3.05) is 18.0 Å². The first-order chi connectivity index (χ1) is 20.4. The van der Waals surface area contributed by atoms with Crippen molar-refractivity contribution in [1.29, 1.82) is 0 Å². The summed E-state index contributed by atoms with van der Waals surface area (Å²) in [5.41, 5.74) is 12.3. The molecule has 0 spiro atoms. The zero-order chi connectivity index (χ0) is 27.4. The van der Waals surface area contributed by atoms with Crippen LogP contribution in [0.2, 0.25) is 0 Å². The lowest BCUT2D eigenvalue weighted by Gasteiger charge is -2.17. The second-order valence-corrected chi connectivity index (χ2v) is 10.4. The predicted octanol–water partition coefficient (Wildman–Crippen LogP) is 9.55. The Labute approximate surface area is 242 Å². The highest BCUT2D eigenvalue weighted by molar-refractivity contribution is 5.98. The minimum Gasteiger partial charge on any atom is -0.228 e. The third-order valence-corrected chi connectivity index (χ3v) is 7.85. The highest BCUT2D eigenvalue weighted by atomic mass is 15.3. The number of hydrogen-bond acceptors (Lipinski definition) is 1. The SMILES string of the molecule is C1=[N+](c2c(-c3ccccc3)cccc2-c2ccccc2)CCN1c1c(-c2ccccc2)cccc1-c1ccccc1. The standard InChI is InChI=1S/C39H31N2/c1-5-15-30(16-6-1)34-23-13-24-35(31-17-7-2-8-18-31)38(34)40-27-28-41(29-40)39-36(32-19-9-3-10-20-32)25-14-26-37(39)33-21-11-4-12-22-33/h1-26,29H,27-28H2/q+1. The van der Waals surface area contributed by atoms with Gasteiger partial charge in [0, 0.05) is 22.3 Å². The number of anilines is 1. The summed E-state index contributed by atoms with van der Waals surface area (Å²) in [6.45, 7) is 1.78. The van der Waals surface area contributed by atoms with Crippen LogP contribution in [0.4, 0.5) is 11.4 Å². The number of rotatable bonds is 6. The van der Waals surface area contributed by atoms with Crippen molar-refractivity contribution in [2.45, 2.75) is 0 Å². The Hall–Kier alpha value is -5.21. The number of hydrogen-bond donors (Lipinski definition) is 0. The highest BCUT2D eigenvalue weighted by Crippen LogP contribution is 2.42. The Kier molecular flexibility index (Phi) is 6.72. The Morgan fingerprint density at radius 1 is 0.390 bits per heavy atom. The summed E-state index contributed by atoms with van der Waals surface area (Å²) in [7, 11) is 0. The van der Waals surface area contributed by atoms with E-state index in [1.807, 2.05) is 0 Å². The molecule has 2 heteroatoms. The van der Waals surface area contributed by atoms with E-state index in [1.165, 1.54) is 55.9 Å². The summed E-state index contributed by atoms with van der Waals surface area (Å²) in [6, 6.07) is 56.3. The molecule has 0 atom stereocenters. The van der Waals surface area contributed by atoms with Crippen molar-refractivity contribution < 1.29 is 4.58 Å². The van der Waals surface area contributed by atoms with Gasteiger partial charge in [-0.25, -0.2) is 9.48 Å². The largest absolute Gasteiger partial charge is 0.244 e. The van der Waals surface area contributed by atoms with Crippen LogP contribution in [0, 0.1) is 0 Å². The lowest BCUT2D eigenvalue weighted by atomic mass is 9.95. The molecule has 0 saturated heterocycles. The van der Waals surface area contributed by atoms with Crippen molar-refractivity contribution in [3.63, 3.8) is 0 Å². The van der Waals surface area contributed by atoms with Gasteiger partial charge < -0.3 is 0 Å². The van der Waals surface area contributed by atoms with Crippen molar-refractivity contribution in [2.24, 2.45) is 0 Å². The maximum absolute atomic E-state index is 2.45. The molecule has 0 unspecified atom stereocenters. The Bertz CT molecular complexity index is 1690. The first kappa shape index (κ1) is 24.8. The number of para-hydroxylation sites is 2. The average molecular weight is 528 g/mol. The molecule has 196 valence electrons. The van der Waals surface area contributed by atoms with Crippen LogP contribution in [0.3, 0.4) is 0 Å². The topological polar surface area (TPSA) is 6.25 Å². The van der Waals surface area contributed by atoms with Crippen LogP contribution in [-0.2, 0) is 0 Å². The van der Waals surface area contributed by atoms with Gasteiger partial charge in [-0.05, 0) is 22.3 Å². The molecule has 6 aromatic rings. The van der Waals surface area contributed by atoms with E-state index in [1.54, 1.807) is 0 Å². The molecule has 6 aromatic carbocycles. The van der Waals surface area contributed by atoms with E-state index in [0.717, 1.165) is 13.1 Å². The summed E-state index contributed by atoms with van der Waals surface area (Å²) < 4.78 is 2.45. The molecule has 0 aromatic heterocycles. The second-order valence-electron chi connectivity index (χ2n) is 10.4. The van der Waals surface area contributed by atoms with E-state index >= 15 is 0 Å². The van der Waals surface area contributed by atoms with Crippen LogP contribution in [0.1, 0.15) is 0 Å². The van der Waals surface area contributed by atoms with E-state index in [0.29, 0.717) is 0 Å². The van der Waals surface area contributed by atoms with Gasteiger partial charge in [-0.15, -0.1) is 0 Å². The molecule has 0 bridgehead atoms. The Balaban J connectivity index is 1.43. The van der Waals surface area contributed by atoms with Crippen molar-refractivity contribution in [3.8, 4) is 44.5 Å². The summed E-state index contributed by atoms with van der Waals surface area (Å²) in [6.07, 6.45) is 2.32. The molecule has 2 nitrogen and oxygen atoms in total. The molecule has 1 aliphatic heterocycles. The van der Waals surface area contributed by atoms with Crippen LogP contribution < -0.4 is 4.90 Å². The normalized spacial score (nSPS) is 12.8. The van der Waals surface area contributed by atoms with Gasteiger partial charge in [0.15, 0.2) is 0 Å². The minimum absolute atomic E-state index is 0.890. The first-order valence-corrected chi connectivity index (χ1v) is 14.2. The van der Waals surface area contributed by atoms with E-state index in [4.69, 9.17) is 0 Å². The fourth-order valence-electron chi connectivity index (χ4n) is 5.95. The third kappa shape index (κ3) is 4.85. The molecule has 0 aliphatic carbocycles. The lowest BCUT2D eigenvalue weighted by Crippen LogP contribution is -2.20. The van der Waals surface area contributed by atoms with Gasteiger partial charge in [-0.1, -0.05) is 158 Å². The molecule has 1 aliphatic rings. The van der Waals surface area contributed by atoms with Gasteiger partial charge in [0.05, 0.1) is 0 Å². The fourth-order valence-corrected chi connectivity index (χ4v) is 5.95. The molecule has 1 heterocycles. The zero-order valence-corrected chi connectivity index (χ0v) is 22.9. The van der Waals surface area contributed by atoms with Crippen LogP contribution in [0.5, 0.6) is 0 Å². The van der Waals surface area contributed by atoms with Crippen LogP contribution in [0.15, 0.2) is 158 Å². The Morgan fingerprint density at radius 2 is 0.756 bits per heavy atom. The van der Waals surface area contributed by atoms with Gasteiger partial charge in [0.2, 0.25) is 6.34 Å². The van der Waals surface area contributed by atoms with Crippen LogP contribution in [-0.4, -0.2) is 24.0 Å². The number of benzene rings is 6. The maximum Gasteiger partial charge on any atom is 0.244 e. The van der Waals surface area contributed by atoms with Gasteiger partial charge in [0.1, 0.15) is 24.5 Å². The van der Waals surface area contributed by atoms with Gasteiger partial charge >= 0.3 is 0 Å². The summed E-state index contributed by atoms with van der Waals surface area (Å²) in [5.74, 6) is 0. The molecular formula is C39H31N2+. The summed E-state index contributed by atoms with van der Waals surface area (Å²) in [4.78, 5) is 2.45. The molecule has 0 saturated carbocycles. The van der Waals surface area contributed by atoms with E-state index in [2.05, 4.69) is 174 Å². The molecule has 0 radical (unpaired) electrons. The molecule has 7 rings (SSSR count). The van der Waals surface area contributed by atoms with Crippen molar-refractivity contribution in [3.05, 3.63) is 158 Å². The van der Waals surface area contributed by atoms with Crippen LogP contribution >= 0.6 is 0 Å². The quantitative estimate of drug-likeness (QED) is 0.196. The predicted molar refractivity (Wildman–Crippen MR) is 173 cm³/mol. The van der Waals surface area contributed by atoms with Crippen LogP contribution in [0.25, 0.3) is 44.5 Å². The maximum atomic E-state index is 2.45. The molecule has 0 amide bonds. The molecular weight excluding hydrogens is 496 g/mol. The average Bonchev–Trinajstić information content (AvgIpc) is 3.55. The second kappa shape index (κ2) is 11.1. The fraction of sp³-hybridized carbons (Fsp3) is 0.0513. The minimum atomic E-state index is 0.890. The monoisotopic (exact) mass is 527 g/mol. The first-order valence-electron chi connectivity index (χ1n) is 14.2.